The topological polar surface area (TPSA) is 12.5 Å². The first-order chi connectivity index (χ1) is 9.26. The molecule has 0 aliphatic carbocycles. The minimum absolute atomic E-state index is 0.0160. The highest BCUT2D eigenvalue weighted by atomic mass is 35.5. The van der Waals surface area contributed by atoms with E-state index in [-0.39, 0.29) is 10.7 Å². The van der Waals surface area contributed by atoms with Gasteiger partial charge in [0, 0.05) is 24.5 Å². The summed E-state index contributed by atoms with van der Waals surface area (Å²) >= 11 is 5.63. The second kappa shape index (κ2) is 5.74. The molecule has 1 aromatic rings. The van der Waals surface area contributed by atoms with E-state index in [0.717, 1.165) is 17.9 Å². The molecule has 0 radical (unpaired) electrons. The molecule has 0 bridgehead atoms. The van der Waals surface area contributed by atoms with Crippen LogP contribution in [0, 0.1) is 11.6 Å². The van der Waals surface area contributed by atoms with E-state index in [1.54, 1.807) is 4.90 Å². The maximum Gasteiger partial charge on any atom is 0.241 e. The predicted octanol–water partition coefficient (Wildman–Crippen LogP) is 4.56. The standard InChI is InChI=1S/C14H18ClF2NOSi/c1-20(2,3)19-11-4-6-18(7-5-11)14-12(16)8-10(15)9-13(14)17/h4,8-9H,5-7H2,1-3H3. The Hall–Kier alpha value is -1.07. The summed E-state index contributed by atoms with van der Waals surface area (Å²) < 4.78 is 33.6. The van der Waals surface area contributed by atoms with Crippen molar-refractivity contribution in [2.24, 2.45) is 0 Å². The summed E-state index contributed by atoms with van der Waals surface area (Å²) in [6.45, 7) is 7.30. The molecule has 0 spiro atoms. The molecule has 1 aromatic carbocycles. The van der Waals surface area contributed by atoms with Crippen molar-refractivity contribution < 1.29 is 13.2 Å². The zero-order valence-electron chi connectivity index (χ0n) is 11.8. The summed E-state index contributed by atoms with van der Waals surface area (Å²) in [6.07, 6.45) is 2.56. The fourth-order valence-electron chi connectivity index (χ4n) is 2.18. The number of hydrogen-bond acceptors (Lipinski definition) is 2. The van der Waals surface area contributed by atoms with Crippen LogP contribution in [-0.2, 0) is 4.43 Å². The van der Waals surface area contributed by atoms with Gasteiger partial charge in [-0.25, -0.2) is 8.78 Å². The number of benzene rings is 1. The maximum absolute atomic E-state index is 13.9. The van der Waals surface area contributed by atoms with E-state index in [2.05, 4.69) is 19.6 Å². The molecule has 6 heteroatoms. The van der Waals surface area contributed by atoms with Crippen LogP contribution in [0.5, 0.6) is 0 Å². The zero-order chi connectivity index (χ0) is 14.9. The first-order valence-electron chi connectivity index (χ1n) is 6.54. The molecule has 0 atom stereocenters. The van der Waals surface area contributed by atoms with E-state index < -0.39 is 20.0 Å². The van der Waals surface area contributed by atoms with Crippen LogP contribution >= 0.6 is 11.6 Å². The van der Waals surface area contributed by atoms with Crippen molar-refractivity contribution in [1.82, 2.24) is 0 Å². The lowest BCUT2D eigenvalue weighted by molar-refractivity contribution is 0.390. The Bertz CT molecular complexity index is 519. The first-order valence-corrected chi connectivity index (χ1v) is 10.3. The van der Waals surface area contributed by atoms with Gasteiger partial charge in [0.25, 0.3) is 0 Å². The second-order valence-electron chi connectivity index (χ2n) is 5.80. The fourth-order valence-corrected chi connectivity index (χ4v) is 3.34. The molecule has 1 aliphatic rings. The molecule has 1 heterocycles. The summed E-state index contributed by atoms with van der Waals surface area (Å²) in [5.74, 6) is -0.328. The molecule has 110 valence electrons. The van der Waals surface area contributed by atoms with Crippen LogP contribution in [0.4, 0.5) is 14.5 Å². The molecule has 2 rings (SSSR count). The lowest BCUT2D eigenvalue weighted by Gasteiger charge is -2.31. The summed E-state index contributed by atoms with van der Waals surface area (Å²) in [5.41, 5.74) is -0.0160. The summed E-state index contributed by atoms with van der Waals surface area (Å²) in [6, 6.07) is 2.27. The Morgan fingerprint density at radius 3 is 2.25 bits per heavy atom. The van der Waals surface area contributed by atoms with Crippen LogP contribution in [0.15, 0.2) is 24.0 Å². The zero-order valence-corrected chi connectivity index (χ0v) is 13.6. The van der Waals surface area contributed by atoms with Gasteiger partial charge in [-0.3, -0.25) is 0 Å². The van der Waals surface area contributed by atoms with Gasteiger partial charge in [0.15, 0.2) is 11.6 Å². The minimum atomic E-state index is -1.63. The third-order valence-corrected chi connectivity index (χ3v) is 4.00. The van der Waals surface area contributed by atoms with Gasteiger partial charge in [0.2, 0.25) is 8.32 Å². The predicted molar refractivity (Wildman–Crippen MR) is 80.7 cm³/mol. The van der Waals surface area contributed by atoms with Gasteiger partial charge in [-0.1, -0.05) is 11.6 Å². The largest absolute Gasteiger partial charge is 0.547 e. The molecule has 0 saturated heterocycles. The average molecular weight is 318 g/mol. The van der Waals surface area contributed by atoms with Crippen LogP contribution < -0.4 is 4.90 Å². The minimum Gasteiger partial charge on any atom is -0.547 e. The van der Waals surface area contributed by atoms with Gasteiger partial charge < -0.3 is 9.33 Å². The van der Waals surface area contributed by atoms with Gasteiger partial charge >= 0.3 is 0 Å². The summed E-state index contributed by atoms with van der Waals surface area (Å²) in [7, 11) is -1.63. The van der Waals surface area contributed by atoms with Crippen molar-refractivity contribution in [3.05, 3.63) is 40.6 Å². The van der Waals surface area contributed by atoms with Crippen LogP contribution in [0.2, 0.25) is 24.7 Å². The molecule has 20 heavy (non-hydrogen) atoms. The van der Waals surface area contributed by atoms with Crippen LogP contribution in [0.1, 0.15) is 6.42 Å². The highest BCUT2D eigenvalue weighted by molar-refractivity contribution is 6.70. The SMILES string of the molecule is C[Si](C)(C)OC1=CCN(c2c(F)cc(Cl)cc2F)CC1. The summed E-state index contributed by atoms with van der Waals surface area (Å²) in [4.78, 5) is 1.66. The fraction of sp³-hybridized carbons (Fsp3) is 0.429. The highest BCUT2D eigenvalue weighted by Crippen LogP contribution is 2.29. The smallest absolute Gasteiger partial charge is 0.241 e. The molecule has 0 aromatic heterocycles. The van der Waals surface area contributed by atoms with Crippen molar-refractivity contribution in [3.63, 3.8) is 0 Å². The second-order valence-corrected chi connectivity index (χ2v) is 10.7. The van der Waals surface area contributed by atoms with Crippen LogP contribution in [0.3, 0.4) is 0 Å². The van der Waals surface area contributed by atoms with Crippen LogP contribution in [-0.4, -0.2) is 21.4 Å². The molecule has 1 aliphatic heterocycles. The van der Waals surface area contributed by atoms with Gasteiger partial charge in [-0.2, -0.15) is 0 Å². The Morgan fingerprint density at radius 1 is 1.20 bits per heavy atom. The van der Waals surface area contributed by atoms with Crippen molar-refractivity contribution in [2.45, 2.75) is 26.1 Å². The Labute approximate surface area is 124 Å². The molecule has 0 amide bonds. The first kappa shape index (κ1) is 15.3. The third kappa shape index (κ3) is 3.73. The normalized spacial score (nSPS) is 16.1. The highest BCUT2D eigenvalue weighted by Gasteiger charge is 2.23. The molecule has 2 nitrogen and oxygen atoms in total. The molecule has 0 unspecified atom stereocenters. The van der Waals surface area contributed by atoms with Crippen molar-refractivity contribution in [1.29, 1.82) is 0 Å². The maximum atomic E-state index is 13.9. The summed E-state index contributed by atoms with van der Waals surface area (Å²) in [5, 5.41) is 0.0686. The van der Waals surface area contributed by atoms with Crippen LogP contribution in [0.25, 0.3) is 0 Å². The number of rotatable bonds is 3. The van der Waals surface area contributed by atoms with Crippen molar-refractivity contribution in [2.75, 3.05) is 18.0 Å². The van der Waals surface area contributed by atoms with E-state index in [0.29, 0.717) is 19.5 Å². The molecule has 0 fully saturated rings. The Kier molecular flexibility index (Phi) is 4.39. The average Bonchev–Trinajstić information content (AvgIpc) is 2.28. The lowest BCUT2D eigenvalue weighted by Crippen LogP contribution is -2.33. The molecular formula is C14H18ClF2NOSi. The lowest BCUT2D eigenvalue weighted by atomic mass is 10.2. The Morgan fingerprint density at radius 2 is 1.80 bits per heavy atom. The molecule has 0 N–H and O–H groups in total. The molecule has 0 saturated carbocycles. The van der Waals surface area contributed by atoms with Gasteiger partial charge in [0.1, 0.15) is 5.69 Å². The monoisotopic (exact) mass is 317 g/mol. The van der Waals surface area contributed by atoms with E-state index in [9.17, 15) is 8.78 Å². The Balaban J connectivity index is 2.15. The number of nitrogens with zero attached hydrogens (tertiary/aromatic N) is 1. The van der Waals surface area contributed by atoms with E-state index in [4.69, 9.17) is 16.0 Å². The number of anilines is 1. The number of hydrogen-bond donors (Lipinski definition) is 0. The molecular weight excluding hydrogens is 300 g/mol. The van der Waals surface area contributed by atoms with Gasteiger partial charge in [-0.05, 0) is 37.8 Å². The van der Waals surface area contributed by atoms with E-state index in [1.807, 2.05) is 6.08 Å². The van der Waals surface area contributed by atoms with E-state index >= 15 is 0 Å². The quantitative estimate of drug-likeness (QED) is 0.758. The van der Waals surface area contributed by atoms with Crippen molar-refractivity contribution in [3.8, 4) is 0 Å². The van der Waals surface area contributed by atoms with Gasteiger partial charge in [-0.15, -0.1) is 0 Å². The number of halogens is 3. The van der Waals surface area contributed by atoms with Crippen molar-refractivity contribution >= 4 is 25.6 Å². The van der Waals surface area contributed by atoms with Gasteiger partial charge in [0.05, 0.1) is 5.76 Å². The van der Waals surface area contributed by atoms with E-state index in [1.165, 1.54) is 0 Å². The third-order valence-electron chi connectivity index (χ3n) is 2.90.